The lowest BCUT2D eigenvalue weighted by atomic mass is 10.1. The van der Waals surface area contributed by atoms with Gasteiger partial charge in [0.05, 0.1) is 5.69 Å². The molecule has 1 aromatic carbocycles. The Kier molecular flexibility index (Phi) is 4.45. The van der Waals surface area contributed by atoms with E-state index in [0.29, 0.717) is 6.54 Å². The zero-order chi connectivity index (χ0) is 14.7. The van der Waals surface area contributed by atoms with Crippen LogP contribution in [0.15, 0.2) is 24.3 Å². The molecule has 108 valence electrons. The molecule has 0 unspecified atom stereocenters. The van der Waals surface area contributed by atoms with Crippen LogP contribution in [-0.4, -0.2) is 23.4 Å². The maximum Gasteiger partial charge on any atom is 0.134 e. The maximum atomic E-state index is 5.73. The monoisotopic (exact) mass is 272 g/mol. The number of aryl methyl sites for hydroxylation is 3. The van der Waals surface area contributed by atoms with Crippen LogP contribution < -0.4 is 10.6 Å². The van der Waals surface area contributed by atoms with E-state index in [9.17, 15) is 0 Å². The fourth-order valence-electron chi connectivity index (χ4n) is 2.62. The molecule has 0 atom stereocenters. The van der Waals surface area contributed by atoms with Crippen LogP contribution in [0.3, 0.4) is 0 Å². The summed E-state index contributed by atoms with van der Waals surface area (Å²) in [6.45, 7) is 4.85. The van der Waals surface area contributed by atoms with Crippen LogP contribution >= 0.6 is 0 Å². The molecule has 2 rings (SSSR count). The fourth-order valence-corrected chi connectivity index (χ4v) is 2.62. The molecule has 4 heteroatoms. The van der Waals surface area contributed by atoms with Gasteiger partial charge in [-0.1, -0.05) is 19.1 Å². The van der Waals surface area contributed by atoms with Crippen molar-refractivity contribution < 1.29 is 0 Å². The van der Waals surface area contributed by atoms with Crippen molar-refractivity contribution in [3.05, 3.63) is 41.1 Å². The van der Waals surface area contributed by atoms with Crippen molar-refractivity contribution >= 4 is 11.5 Å². The molecule has 20 heavy (non-hydrogen) atoms. The molecule has 4 nitrogen and oxygen atoms in total. The largest absolute Gasteiger partial charge is 0.330 e. The number of benzene rings is 1. The number of rotatable bonds is 5. The third-order valence-electron chi connectivity index (χ3n) is 3.76. The van der Waals surface area contributed by atoms with Gasteiger partial charge >= 0.3 is 0 Å². The van der Waals surface area contributed by atoms with E-state index in [1.807, 2.05) is 18.7 Å². The minimum absolute atomic E-state index is 0.641. The van der Waals surface area contributed by atoms with Crippen LogP contribution in [0.25, 0.3) is 0 Å². The summed E-state index contributed by atoms with van der Waals surface area (Å²) in [5.74, 6) is 1.12. The minimum atomic E-state index is 0.641. The highest BCUT2D eigenvalue weighted by atomic mass is 15.4. The van der Waals surface area contributed by atoms with Gasteiger partial charge in [-0.05, 0) is 44.0 Å². The van der Waals surface area contributed by atoms with Gasteiger partial charge < -0.3 is 10.6 Å². The Balaban J connectivity index is 2.38. The van der Waals surface area contributed by atoms with Crippen molar-refractivity contribution in [1.29, 1.82) is 0 Å². The van der Waals surface area contributed by atoms with Crippen LogP contribution in [0.1, 0.15) is 23.7 Å². The lowest BCUT2D eigenvalue weighted by Crippen LogP contribution is -2.16. The van der Waals surface area contributed by atoms with E-state index in [-0.39, 0.29) is 0 Å². The van der Waals surface area contributed by atoms with Gasteiger partial charge in [0, 0.05) is 25.3 Å². The summed E-state index contributed by atoms with van der Waals surface area (Å²) in [6, 6.07) is 8.68. The Morgan fingerprint density at radius 1 is 1.25 bits per heavy atom. The van der Waals surface area contributed by atoms with Crippen molar-refractivity contribution in [2.45, 2.75) is 26.7 Å². The fraction of sp³-hybridized carbons (Fsp3) is 0.438. The van der Waals surface area contributed by atoms with Crippen molar-refractivity contribution in [3.8, 4) is 0 Å². The number of anilines is 2. The minimum Gasteiger partial charge on any atom is -0.330 e. The summed E-state index contributed by atoms with van der Waals surface area (Å²) in [4.78, 5) is 2.18. The van der Waals surface area contributed by atoms with Gasteiger partial charge in [-0.25, -0.2) is 0 Å². The van der Waals surface area contributed by atoms with Gasteiger partial charge in [0.2, 0.25) is 0 Å². The molecule has 1 heterocycles. The molecule has 0 spiro atoms. The summed E-state index contributed by atoms with van der Waals surface area (Å²) in [5, 5.41) is 4.53. The summed E-state index contributed by atoms with van der Waals surface area (Å²) >= 11 is 0. The number of nitrogens with two attached hydrogens (primary N) is 1. The Morgan fingerprint density at radius 3 is 2.45 bits per heavy atom. The molecule has 2 N–H and O–H groups in total. The van der Waals surface area contributed by atoms with Crippen molar-refractivity contribution in [1.82, 2.24) is 9.78 Å². The second-order valence-electron chi connectivity index (χ2n) is 5.13. The molecule has 0 saturated heterocycles. The van der Waals surface area contributed by atoms with Gasteiger partial charge in [-0.15, -0.1) is 0 Å². The SMILES string of the molecule is CCc1ccc(N(C)c2c(CCN)c(C)nn2C)cc1. The second kappa shape index (κ2) is 6.09. The van der Waals surface area contributed by atoms with Crippen LogP contribution in [0.4, 0.5) is 11.5 Å². The topological polar surface area (TPSA) is 47.1 Å². The van der Waals surface area contributed by atoms with Crippen LogP contribution in [0, 0.1) is 6.92 Å². The molecule has 0 saturated carbocycles. The Morgan fingerprint density at radius 2 is 1.90 bits per heavy atom. The lowest BCUT2D eigenvalue weighted by Gasteiger charge is -2.21. The van der Waals surface area contributed by atoms with Crippen molar-refractivity contribution in [3.63, 3.8) is 0 Å². The molecule has 1 aromatic heterocycles. The normalized spacial score (nSPS) is 10.8. The van der Waals surface area contributed by atoms with Gasteiger partial charge in [-0.3, -0.25) is 4.68 Å². The average molecular weight is 272 g/mol. The van der Waals surface area contributed by atoms with E-state index in [4.69, 9.17) is 5.73 Å². The summed E-state index contributed by atoms with van der Waals surface area (Å²) in [6.07, 6.45) is 1.92. The highest BCUT2D eigenvalue weighted by Crippen LogP contribution is 2.29. The quantitative estimate of drug-likeness (QED) is 0.910. The maximum absolute atomic E-state index is 5.73. The molecule has 0 amide bonds. The van der Waals surface area contributed by atoms with Crippen LogP contribution in [0.5, 0.6) is 0 Å². The first kappa shape index (κ1) is 14.6. The van der Waals surface area contributed by atoms with Crippen LogP contribution in [-0.2, 0) is 19.9 Å². The van der Waals surface area contributed by atoms with E-state index < -0.39 is 0 Å². The van der Waals surface area contributed by atoms with E-state index >= 15 is 0 Å². The number of nitrogens with zero attached hydrogens (tertiary/aromatic N) is 3. The molecular formula is C16H24N4. The van der Waals surface area contributed by atoms with Gasteiger partial charge in [0.1, 0.15) is 5.82 Å². The molecular weight excluding hydrogens is 248 g/mol. The molecule has 2 aromatic rings. The first-order valence-corrected chi connectivity index (χ1v) is 7.13. The highest BCUT2D eigenvalue weighted by Gasteiger charge is 2.17. The lowest BCUT2D eigenvalue weighted by molar-refractivity contribution is 0.750. The van der Waals surface area contributed by atoms with Crippen LogP contribution in [0.2, 0.25) is 0 Å². The number of hydrogen-bond acceptors (Lipinski definition) is 3. The van der Waals surface area contributed by atoms with E-state index in [1.54, 1.807) is 0 Å². The third-order valence-corrected chi connectivity index (χ3v) is 3.76. The number of aromatic nitrogens is 2. The molecule has 0 aliphatic carbocycles. The molecule has 0 bridgehead atoms. The second-order valence-corrected chi connectivity index (χ2v) is 5.13. The Bertz CT molecular complexity index is 569. The van der Waals surface area contributed by atoms with E-state index in [1.165, 1.54) is 16.8 Å². The molecule has 0 aliphatic rings. The zero-order valence-electron chi connectivity index (χ0n) is 12.8. The smallest absolute Gasteiger partial charge is 0.134 e. The average Bonchev–Trinajstić information content (AvgIpc) is 2.73. The Labute approximate surface area is 121 Å². The van der Waals surface area contributed by atoms with Crippen molar-refractivity contribution in [2.24, 2.45) is 12.8 Å². The first-order valence-electron chi connectivity index (χ1n) is 7.13. The summed E-state index contributed by atoms with van der Waals surface area (Å²) < 4.78 is 1.94. The predicted molar refractivity (Wildman–Crippen MR) is 84.6 cm³/mol. The number of hydrogen-bond donors (Lipinski definition) is 1. The first-order chi connectivity index (χ1) is 9.58. The molecule has 0 aliphatic heterocycles. The van der Waals surface area contributed by atoms with Gasteiger partial charge in [-0.2, -0.15) is 5.10 Å². The third kappa shape index (κ3) is 2.70. The van der Waals surface area contributed by atoms with Gasteiger partial charge in [0.25, 0.3) is 0 Å². The van der Waals surface area contributed by atoms with Crippen molar-refractivity contribution in [2.75, 3.05) is 18.5 Å². The molecule has 0 fully saturated rings. The highest BCUT2D eigenvalue weighted by molar-refractivity contribution is 5.63. The summed E-state index contributed by atoms with van der Waals surface area (Å²) in [7, 11) is 4.07. The standard InChI is InChI=1S/C16H24N4/c1-5-13-6-8-14(9-7-13)19(3)16-15(10-11-17)12(2)18-20(16)4/h6-9H,5,10-11,17H2,1-4H3. The van der Waals surface area contributed by atoms with E-state index in [2.05, 4.69) is 48.2 Å². The van der Waals surface area contributed by atoms with Gasteiger partial charge in [0.15, 0.2) is 0 Å². The van der Waals surface area contributed by atoms with E-state index in [0.717, 1.165) is 24.4 Å². The molecule has 0 radical (unpaired) electrons. The zero-order valence-corrected chi connectivity index (χ0v) is 12.8. The summed E-state index contributed by atoms with van der Waals surface area (Å²) in [5.41, 5.74) is 10.5. The predicted octanol–water partition coefficient (Wildman–Crippen LogP) is 2.56. The Hall–Kier alpha value is -1.81.